The second-order valence-corrected chi connectivity index (χ2v) is 24.4. The standard InChI is InChI=1S/C61H108N18O17/c1-33(80)40(16-17-50(67)68)75-57(92)35(11-19-52(70)87)29-46(82)42(7-3-25-63)77-59(94)37(13-21-54(72)89)31-48(84)44(9-5-27-65)79-61(96)38(14-22-55(73)90)32-49(85)43(8-4-26-64)78-60(95)36(12-20-53(71)88)30-47(83)41(6-2-24-62)76-58(93)34(10-18-51(69)86)28-45(81)39(66)15-23-56(74)91/h34-44,50H,2-32,62-68H2,1H3,(H2,69,86)(H2,70,87)(H2,71,88)(H2,72,89)(H2,73,90)(H2,74,91)(H,75,92)(H,76,93)(H,77,94)(H,78,95)(H,79,96)/t34-,35-,36-,37-,38-,39+,40+,41+,42+,43+,44+/m1/s1. The Labute approximate surface area is 559 Å². The minimum Gasteiger partial charge on any atom is -0.370 e. The molecule has 31 N–H and O–H groups in total. The molecule has 35 nitrogen and oxygen atoms in total. The van der Waals surface area contributed by atoms with Crippen LogP contribution in [0.2, 0.25) is 0 Å². The fraction of sp³-hybridized carbons (Fsp3) is 0.721. The second-order valence-electron chi connectivity index (χ2n) is 24.4. The zero-order valence-corrected chi connectivity index (χ0v) is 55.3. The molecule has 0 saturated heterocycles. The maximum Gasteiger partial charge on any atom is 0.224 e. The number of carbonyl (C=O) groups is 17. The number of hydrogen-bond donors (Lipinski definition) is 18. The number of nitrogens with one attached hydrogen (secondary N) is 5. The number of nitrogens with two attached hydrogens (primary N) is 13. The average Bonchev–Trinajstić information content (AvgIpc) is 1.05. The van der Waals surface area contributed by atoms with E-state index in [4.69, 9.17) is 74.5 Å². The summed E-state index contributed by atoms with van der Waals surface area (Å²) in [6.45, 7) is 1.28. The van der Waals surface area contributed by atoms with Crippen LogP contribution in [0.5, 0.6) is 0 Å². The average molecular weight is 1370 g/mol. The molecule has 0 radical (unpaired) electrons. The van der Waals surface area contributed by atoms with Gasteiger partial charge in [-0.3, -0.25) is 81.5 Å². The smallest absolute Gasteiger partial charge is 0.224 e. The van der Waals surface area contributed by atoms with E-state index in [-0.39, 0.29) is 148 Å². The van der Waals surface area contributed by atoms with Crippen molar-refractivity contribution >= 4 is 99.7 Å². The highest BCUT2D eigenvalue weighted by molar-refractivity contribution is 5.99. The van der Waals surface area contributed by atoms with Gasteiger partial charge in [0.15, 0.2) is 28.9 Å². The van der Waals surface area contributed by atoms with Gasteiger partial charge in [0.2, 0.25) is 65.0 Å². The van der Waals surface area contributed by atoms with Gasteiger partial charge in [-0.15, -0.1) is 0 Å². The first-order chi connectivity index (χ1) is 45.1. The molecule has 11 atom stereocenters. The van der Waals surface area contributed by atoms with Gasteiger partial charge in [-0.25, -0.2) is 0 Å². The monoisotopic (exact) mass is 1360 g/mol. The maximum atomic E-state index is 14.5. The van der Waals surface area contributed by atoms with Crippen molar-refractivity contribution in [2.45, 2.75) is 223 Å². The van der Waals surface area contributed by atoms with Crippen molar-refractivity contribution in [2.75, 3.05) is 26.2 Å². The fourth-order valence-electron chi connectivity index (χ4n) is 10.3. The van der Waals surface area contributed by atoms with Crippen LogP contribution in [-0.4, -0.2) is 168 Å². The first-order valence-electron chi connectivity index (χ1n) is 32.5. The van der Waals surface area contributed by atoms with Crippen LogP contribution in [0.3, 0.4) is 0 Å². The molecule has 96 heavy (non-hydrogen) atoms. The lowest BCUT2D eigenvalue weighted by atomic mass is 9.88. The molecular weight excluding hydrogens is 1260 g/mol. The number of primary amides is 6. The van der Waals surface area contributed by atoms with Gasteiger partial charge in [0.1, 0.15) is 5.78 Å². The Hall–Kier alpha value is -8.09. The van der Waals surface area contributed by atoms with E-state index < -0.39 is 223 Å². The number of carbonyl (C=O) groups excluding carboxylic acids is 17. The van der Waals surface area contributed by atoms with E-state index >= 15 is 0 Å². The quantitative estimate of drug-likeness (QED) is 0.0252. The molecule has 544 valence electrons. The largest absolute Gasteiger partial charge is 0.370 e. The zero-order valence-electron chi connectivity index (χ0n) is 55.3. The van der Waals surface area contributed by atoms with E-state index in [0.717, 1.165) is 0 Å². The molecule has 0 aliphatic heterocycles. The van der Waals surface area contributed by atoms with Crippen molar-refractivity contribution in [3.63, 3.8) is 0 Å². The number of amides is 11. The molecule has 0 bridgehead atoms. The van der Waals surface area contributed by atoms with Crippen molar-refractivity contribution in [3.05, 3.63) is 0 Å². The highest BCUT2D eigenvalue weighted by Gasteiger charge is 2.37. The van der Waals surface area contributed by atoms with Gasteiger partial charge in [-0.1, -0.05) is 0 Å². The normalized spacial score (nSPS) is 14.7. The van der Waals surface area contributed by atoms with Gasteiger partial charge < -0.3 is 101 Å². The SMILES string of the molecule is CC(=O)[C@H](CCC(N)N)NC(=O)[C@H](CCC(N)=O)CC(=O)[C@H](CCCN)NC(=O)[C@H](CCC(N)=O)CC(=O)[C@H](CCCN)NC(=O)[C@H](CCC(N)=O)CC(=O)[C@H](CCCN)NC(=O)[C@H](CCC(N)=O)CC(=O)[C@H](CCCN)NC(=O)[C@H](CCC(N)=O)CC(=O)[C@@H](N)CCC(N)=O. The van der Waals surface area contributed by atoms with Gasteiger partial charge >= 0.3 is 0 Å². The molecule has 0 aromatic rings. The predicted octanol–water partition coefficient (Wildman–Crippen LogP) is -6.22. The summed E-state index contributed by atoms with van der Waals surface area (Å²) in [5.74, 6) is -20.2. The summed E-state index contributed by atoms with van der Waals surface area (Å²) < 4.78 is 0. The zero-order chi connectivity index (χ0) is 73.2. The van der Waals surface area contributed by atoms with Crippen molar-refractivity contribution in [1.29, 1.82) is 0 Å². The van der Waals surface area contributed by atoms with Gasteiger partial charge in [-0.05, 0) is 136 Å². The number of ketones is 6. The molecule has 35 heteroatoms. The van der Waals surface area contributed by atoms with Crippen LogP contribution in [0.15, 0.2) is 0 Å². The first kappa shape index (κ1) is 87.9. The molecule has 0 spiro atoms. The predicted molar refractivity (Wildman–Crippen MR) is 349 cm³/mol. The Bertz CT molecular complexity index is 2650. The van der Waals surface area contributed by atoms with E-state index in [9.17, 15) is 81.5 Å². The molecule has 11 amide bonds. The Balaban J connectivity index is 7.13. The molecule has 0 fully saturated rings. The molecule has 0 saturated carbocycles. The number of Topliss-reactive ketones (excluding diaryl/α,β-unsaturated/α-hetero) is 6. The minimum absolute atomic E-state index is 0.00847. The molecule has 0 heterocycles. The molecule has 0 aliphatic rings. The van der Waals surface area contributed by atoms with Crippen molar-refractivity contribution < 1.29 is 81.5 Å². The minimum atomic E-state index is -1.44. The van der Waals surface area contributed by atoms with Gasteiger partial charge in [0.25, 0.3) is 0 Å². The van der Waals surface area contributed by atoms with E-state index in [0.29, 0.717) is 0 Å². The summed E-state index contributed by atoms with van der Waals surface area (Å²) in [5, 5.41) is 13.0. The van der Waals surface area contributed by atoms with Crippen molar-refractivity contribution in [3.8, 4) is 0 Å². The van der Waals surface area contributed by atoms with E-state index in [1.54, 1.807) is 0 Å². The van der Waals surface area contributed by atoms with Crippen LogP contribution in [0.4, 0.5) is 0 Å². The van der Waals surface area contributed by atoms with Crippen LogP contribution in [0, 0.1) is 29.6 Å². The number of rotatable bonds is 59. The molecule has 0 aromatic heterocycles. The lowest BCUT2D eigenvalue weighted by Crippen LogP contribution is -2.49. The van der Waals surface area contributed by atoms with Crippen molar-refractivity contribution in [2.24, 2.45) is 104 Å². The van der Waals surface area contributed by atoms with E-state index in [2.05, 4.69) is 26.6 Å². The van der Waals surface area contributed by atoms with Crippen LogP contribution in [-0.2, 0) is 81.5 Å². The summed E-state index contributed by atoms with van der Waals surface area (Å²) in [6, 6.07) is -7.84. The van der Waals surface area contributed by atoms with Crippen LogP contribution in [0.1, 0.15) is 180 Å². The topological polar surface area (TPSA) is 689 Å². The third-order valence-corrected chi connectivity index (χ3v) is 16.1. The fourth-order valence-corrected chi connectivity index (χ4v) is 10.3. The third kappa shape index (κ3) is 38.5. The Morgan fingerprint density at radius 2 is 0.479 bits per heavy atom. The summed E-state index contributed by atoms with van der Waals surface area (Å²) in [6.07, 6.45) is -7.56. The highest BCUT2D eigenvalue weighted by Crippen LogP contribution is 2.24. The molecule has 0 aliphatic carbocycles. The Morgan fingerprint density at radius 1 is 0.271 bits per heavy atom. The Morgan fingerprint density at radius 3 is 0.677 bits per heavy atom. The van der Waals surface area contributed by atoms with E-state index in [1.807, 2.05) is 0 Å². The summed E-state index contributed by atoms with van der Waals surface area (Å²) >= 11 is 0. The Kier molecular flexibility index (Phi) is 44.5. The van der Waals surface area contributed by atoms with Gasteiger partial charge in [0.05, 0.1) is 42.4 Å². The van der Waals surface area contributed by atoms with Gasteiger partial charge in [0, 0.05) is 100 Å². The first-order valence-corrected chi connectivity index (χ1v) is 32.5. The molecule has 0 aromatic carbocycles. The van der Waals surface area contributed by atoms with Crippen LogP contribution < -0.4 is 101 Å². The molecule has 0 rings (SSSR count). The molecule has 0 unspecified atom stereocenters. The van der Waals surface area contributed by atoms with Crippen molar-refractivity contribution in [1.82, 2.24) is 26.6 Å². The summed E-state index contributed by atoms with van der Waals surface area (Å²) in [7, 11) is 0. The highest BCUT2D eigenvalue weighted by atomic mass is 16.2. The summed E-state index contributed by atoms with van der Waals surface area (Å²) in [4.78, 5) is 225. The molecular formula is C61H108N18O17. The lowest BCUT2D eigenvalue weighted by Gasteiger charge is -2.27. The lowest BCUT2D eigenvalue weighted by molar-refractivity contribution is -0.137. The maximum absolute atomic E-state index is 14.5. The van der Waals surface area contributed by atoms with Crippen LogP contribution >= 0.6 is 0 Å². The van der Waals surface area contributed by atoms with E-state index in [1.165, 1.54) is 6.92 Å². The number of hydrogen-bond acceptors (Lipinski definition) is 24. The summed E-state index contributed by atoms with van der Waals surface area (Å²) in [5.41, 5.74) is 72.9. The van der Waals surface area contributed by atoms with Gasteiger partial charge in [-0.2, -0.15) is 0 Å². The third-order valence-electron chi connectivity index (χ3n) is 16.1. The van der Waals surface area contributed by atoms with Crippen LogP contribution in [0.25, 0.3) is 0 Å². The second kappa shape index (κ2) is 48.6.